The molecule has 0 aliphatic heterocycles. The number of halogens is 2. The first-order chi connectivity index (χ1) is 7.54. The standard InChI is InChI=1S/C10H12BrClN4/c1-6-8(4-11)10(15(3)13-6)16-5-9(12)7(2)14-16/h5H,4H2,1-3H3. The zero-order valence-corrected chi connectivity index (χ0v) is 11.7. The Kier molecular flexibility index (Phi) is 3.08. The third kappa shape index (κ3) is 1.78. The van der Waals surface area contributed by atoms with Crippen molar-refractivity contribution in [3.05, 3.63) is 28.2 Å². The van der Waals surface area contributed by atoms with Crippen molar-refractivity contribution in [1.82, 2.24) is 19.6 Å². The molecule has 0 aromatic carbocycles. The monoisotopic (exact) mass is 302 g/mol. The zero-order valence-electron chi connectivity index (χ0n) is 9.33. The first kappa shape index (κ1) is 11.7. The summed E-state index contributed by atoms with van der Waals surface area (Å²) in [6.07, 6.45) is 1.81. The molecule has 16 heavy (non-hydrogen) atoms. The van der Waals surface area contributed by atoms with Crippen LogP contribution in [0.3, 0.4) is 0 Å². The lowest BCUT2D eigenvalue weighted by atomic mass is 10.3. The maximum absolute atomic E-state index is 6.01. The van der Waals surface area contributed by atoms with Gasteiger partial charge in [0.05, 0.1) is 22.6 Å². The van der Waals surface area contributed by atoms with Crippen LogP contribution >= 0.6 is 27.5 Å². The Balaban J connectivity index is 2.63. The summed E-state index contributed by atoms with van der Waals surface area (Å²) in [5.41, 5.74) is 2.95. The summed E-state index contributed by atoms with van der Waals surface area (Å²) < 4.78 is 3.59. The lowest BCUT2D eigenvalue weighted by Crippen LogP contribution is -2.05. The third-order valence-electron chi connectivity index (χ3n) is 2.50. The normalized spacial score (nSPS) is 11.1. The predicted molar refractivity (Wildman–Crippen MR) is 67.4 cm³/mol. The first-order valence-electron chi connectivity index (χ1n) is 4.85. The average molecular weight is 304 g/mol. The molecule has 0 fully saturated rings. The molecule has 0 aliphatic carbocycles. The maximum Gasteiger partial charge on any atom is 0.156 e. The van der Waals surface area contributed by atoms with Crippen LogP contribution in [-0.4, -0.2) is 19.6 Å². The van der Waals surface area contributed by atoms with Crippen molar-refractivity contribution >= 4 is 27.5 Å². The fourth-order valence-corrected chi connectivity index (χ4v) is 2.47. The molecular formula is C10H12BrClN4. The number of hydrogen-bond acceptors (Lipinski definition) is 2. The summed E-state index contributed by atoms with van der Waals surface area (Å²) in [7, 11) is 1.90. The predicted octanol–water partition coefficient (Wildman–Crippen LogP) is 2.77. The van der Waals surface area contributed by atoms with E-state index in [2.05, 4.69) is 26.1 Å². The van der Waals surface area contributed by atoms with Crippen LogP contribution in [-0.2, 0) is 12.4 Å². The van der Waals surface area contributed by atoms with Crippen LogP contribution in [0.4, 0.5) is 0 Å². The van der Waals surface area contributed by atoms with Crippen LogP contribution in [0, 0.1) is 13.8 Å². The Morgan fingerprint density at radius 1 is 1.31 bits per heavy atom. The van der Waals surface area contributed by atoms with Crippen molar-refractivity contribution in [2.45, 2.75) is 19.2 Å². The largest absolute Gasteiger partial charge is 0.250 e. The van der Waals surface area contributed by atoms with E-state index < -0.39 is 0 Å². The van der Waals surface area contributed by atoms with E-state index in [9.17, 15) is 0 Å². The van der Waals surface area contributed by atoms with Gasteiger partial charge >= 0.3 is 0 Å². The van der Waals surface area contributed by atoms with E-state index in [4.69, 9.17) is 11.6 Å². The molecule has 2 aromatic rings. The second kappa shape index (κ2) is 4.22. The van der Waals surface area contributed by atoms with E-state index in [0.717, 1.165) is 28.1 Å². The Bertz CT molecular complexity index is 510. The number of aryl methyl sites for hydroxylation is 3. The van der Waals surface area contributed by atoms with E-state index in [-0.39, 0.29) is 0 Å². The molecule has 86 valence electrons. The van der Waals surface area contributed by atoms with Crippen molar-refractivity contribution < 1.29 is 0 Å². The van der Waals surface area contributed by atoms with Gasteiger partial charge in [-0.25, -0.2) is 4.68 Å². The van der Waals surface area contributed by atoms with Crippen LogP contribution in [0.2, 0.25) is 5.02 Å². The molecule has 2 heterocycles. The van der Waals surface area contributed by atoms with Crippen molar-refractivity contribution in [2.75, 3.05) is 0 Å². The lowest BCUT2D eigenvalue weighted by Gasteiger charge is -2.03. The van der Waals surface area contributed by atoms with E-state index in [1.807, 2.05) is 25.6 Å². The van der Waals surface area contributed by atoms with Crippen LogP contribution in [0.5, 0.6) is 0 Å². The molecule has 0 aliphatic rings. The fourth-order valence-electron chi connectivity index (χ4n) is 1.68. The van der Waals surface area contributed by atoms with Gasteiger partial charge in [-0.05, 0) is 13.8 Å². The zero-order chi connectivity index (χ0) is 11.9. The van der Waals surface area contributed by atoms with Crippen LogP contribution in [0.1, 0.15) is 17.0 Å². The molecule has 4 nitrogen and oxygen atoms in total. The van der Waals surface area contributed by atoms with E-state index >= 15 is 0 Å². The average Bonchev–Trinajstić information content (AvgIpc) is 2.67. The molecule has 0 bridgehead atoms. The molecular weight excluding hydrogens is 291 g/mol. The molecule has 0 saturated carbocycles. The molecule has 0 saturated heterocycles. The minimum atomic E-state index is 0.666. The van der Waals surface area contributed by atoms with Gasteiger partial charge in [0.25, 0.3) is 0 Å². The topological polar surface area (TPSA) is 35.6 Å². The molecule has 0 spiro atoms. The summed E-state index contributed by atoms with van der Waals surface area (Å²) in [5, 5.41) is 10.2. The highest BCUT2D eigenvalue weighted by Gasteiger charge is 2.15. The van der Waals surface area contributed by atoms with Gasteiger partial charge in [0, 0.05) is 17.9 Å². The van der Waals surface area contributed by atoms with Gasteiger partial charge in [-0.1, -0.05) is 27.5 Å². The molecule has 0 amide bonds. The molecule has 2 aromatic heterocycles. The molecule has 2 rings (SSSR count). The number of nitrogens with zero attached hydrogens (tertiary/aromatic N) is 4. The van der Waals surface area contributed by atoms with Gasteiger partial charge in [-0.15, -0.1) is 0 Å². The van der Waals surface area contributed by atoms with Gasteiger partial charge < -0.3 is 0 Å². The Hall–Kier alpha value is -0.810. The summed E-state index contributed by atoms with van der Waals surface area (Å²) >= 11 is 9.48. The number of aromatic nitrogens is 4. The van der Waals surface area contributed by atoms with Crippen LogP contribution < -0.4 is 0 Å². The fraction of sp³-hybridized carbons (Fsp3) is 0.400. The van der Waals surface area contributed by atoms with Gasteiger partial charge in [0.2, 0.25) is 0 Å². The number of alkyl halides is 1. The van der Waals surface area contributed by atoms with Gasteiger partial charge in [0.15, 0.2) is 5.82 Å². The van der Waals surface area contributed by atoms with E-state index in [1.54, 1.807) is 10.9 Å². The highest BCUT2D eigenvalue weighted by atomic mass is 79.9. The summed E-state index contributed by atoms with van der Waals surface area (Å²) in [6.45, 7) is 3.87. The second-order valence-electron chi connectivity index (χ2n) is 3.65. The van der Waals surface area contributed by atoms with Gasteiger partial charge in [-0.3, -0.25) is 4.68 Å². The lowest BCUT2D eigenvalue weighted by molar-refractivity contribution is 0.689. The minimum absolute atomic E-state index is 0.666. The van der Waals surface area contributed by atoms with Crippen LogP contribution in [0.15, 0.2) is 6.20 Å². The summed E-state index contributed by atoms with van der Waals surface area (Å²) in [4.78, 5) is 0. The van der Waals surface area contributed by atoms with Crippen molar-refractivity contribution in [3.8, 4) is 5.82 Å². The van der Waals surface area contributed by atoms with Crippen molar-refractivity contribution in [2.24, 2.45) is 7.05 Å². The molecule has 0 radical (unpaired) electrons. The Labute approximate surface area is 107 Å². The second-order valence-corrected chi connectivity index (χ2v) is 4.62. The highest BCUT2D eigenvalue weighted by Crippen LogP contribution is 2.22. The van der Waals surface area contributed by atoms with Crippen molar-refractivity contribution in [1.29, 1.82) is 0 Å². The number of hydrogen-bond donors (Lipinski definition) is 0. The van der Waals surface area contributed by atoms with Gasteiger partial charge in [-0.2, -0.15) is 10.2 Å². The van der Waals surface area contributed by atoms with Crippen LogP contribution in [0.25, 0.3) is 5.82 Å². The molecule has 0 N–H and O–H groups in total. The smallest absolute Gasteiger partial charge is 0.156 e. The van der Waals surface area contributed by atoms with Crippen molar-refractivity contribution in [3.63, 3.8) is 0 Å². The summed E-state index contributed by atoms with van der Waals surface area (Å²) in [5.74, 6) is 0.948. The Morgan fingerprint density at radius 3 is 2.50 bits per heavy atom. The number of rotatable bonds is 2. The highest BCUT2D eigenvalue weighted by molar-refractivity contribution is 9.08. The Morgan fingerprint density at radius 2 is 2.00 bits per heavy atom. The maximum atomic E-state index is 6.01. The van der Waals surface area contributed by atoms with E-state index in [1.165, 1.54) is 0 Å². The molecule has 0 atom stereocenters. The third-order valence-corrected chi connectivity index (χ3v) is 3.43. The molecule has 6 heteroatoms. The minimum Gasteiger partial charge on any atom is -0.250 e. The van der Waals surface area contributed by atoms with E-state index in [0.29, 0.717) is 5.02 Å². The first-order valence-corrected chi connectivity index (χ1v) is 6.35. The molecule has 0 unspecified atom stereocenters. The SMILES string of the molecule is Cc1nn(-c2c(CBr)c(C)nn2C)cc1Cl. The van der Waals surface area contributed by atoms with Gasteiger partial charge in [0.1, 0.15) is 0 Å². The summed E-state index contributed by atoms with van der Waals surface area (Å²) in [6, 6.07) is 0. The quantitative estimate of drug-likeness (QED) is 0.800.